The smallest absolute Gasteiger partial charge is 0.232 e. The summed E-state index contributed by atoms with van der Waals surface area (Å²) in [6, 6.07) is 5.88. The van der Waals surface area contributed by atoms with E-state index in [1.807, 2.05) is 0 Å². The number of carbonyl (C=O) groups is 2. The molecule has 0 saturated heterocycles. The maximum absolute atomic E-state index is 13.5. The Labute approximate surface area is 125 Å². The van der Waals surface area contributed by atoms with Gasteiger partial charge in [-0.1, -0.05) is 12.1 Å². The fourth-order valence-corrected chi connectivity index (χ4v) is 2.32. The summed E-state index contributed by atoms with van der Waals surface area (Å²) >= 11 is 0. The summed E-state index contributed by atoms with van der Waals surface area (Å²) in [5, 5.41) is 9.22. The van der Waals surface area contributed by atoms with Crippen molar-refractivity contribution < 1.29 is 14.0 Å². The van der Waals surface area contributed by atoms with Crippen molar-refractivity contribution in [1.29, 1.82) is 0 Å². The van der Waals surface area contributed by atoms with E-state index in [4.69, 9.17) is 0 Å². The monoisotopic (exact) mass is 303 g/mol. The van der Waals surface area contributed by atoms with Crippen LogP contribution in [0.4, 0.5) is 16.0 Å². The van der Waals surface area contributed by atoms with Crippen molar-refractivity contribution in [3.8, 4) is 0 Å². The van der Waals surface area contributed by atoms with Crippen LogP contribution in [0.5, 0.6) is 0 Å². The van der Waals surface area contributed by atoms with Crippen molar-refractivity contribution in [2.24, 2.45) is 5.92 Å². The first-order chi connectivity index (χ1) is 10.5. The van der Waals surface area contributed by atoms with Gasteiger partial charge in [-0.3, -0.25) is 14.9 Å². The molecule has 0 fully saturated rings. The van der Waals surface area contributed by atoms with Gasteiger partial charge in [-0.05, 0) is 19.1 Å². The minimum absolute atomic E-state index is 0.0570. The average molecular weight is 303 g/mol. The predicted molar refractivity (Wildman–Crippen MR) is 76.5 cm³/mol. The largest absolute Gasteiger partial charge is 0.324 e. The first-order valence-corrected chi connectivity index (χ1v) is 6.79. The Balaban J connectivity index is 1.67. The third kappa shape index (κ3) is 2.80. The third-order valence-corrected chi connectivity index (χ3v) is 3.36. The molecule has 7 nitrogen and oxygen atoms in total. The fraction of sp³-hybridized carbons (Fsp3) is 0.286. The van der Waals surface area contributed by atoms with E-state index in [0.29, 0.717) is 11.8 Å². The maximum Gasteiger partial charge on any atom is 0.232 e. The molecule has 2 amide bonds. The van der Waals surface area contributed by atoms with Gasteiger partial charge in [0, 0.05) is 6.42 Å². The quantitative estimate of drug-likeness (QED) is 0.895. The topological polar surface area (TPSA) is 88.9 Å². The highest BCUT2D eigenvalue weighted by molar-refractivity contribution is 5.98. The molecule has 8 heteroatoms. The van der Waals surface area contributed by atoms with Crippen molar-refractivity contribution in [3.05, 3.63) is 35.9 Å². The number of hydrogen-bond acceptors (Lipinski definition) is 4. The van der Waals surface area contributed by atoms with Gasteiger partial charge in [0.25, 0.3) is 0 Å². The van der Waals surface area contributed by atoms with E-state index in [-0.39, 0.29) is 24.6 Å². The van der Waals surface area contributed by atoms with E-state index in [0.717, 1.165) is 0 Å². The van der Waals surface area contributed by atoms with Crippen LogP contribution in [0.2, 0.25) is 0 Å². The zero-order chi connectivity index (χ0) is 15.7. The molecule has 0 radical (unpaired) electrons. The van der Waals surface area contributed by atoms with Crippen LogP contribution in [0.25, 0.3) is 0 Å². The van der Waals surface area contributed by atoms with Gasteiger partial charge < -0.3 is 5.32 Å². The SMILES string of the molecule is Cc1nc2n(n1)C[C@@H](CC(=O)Nc1ccccc1F)C(=O)N2. The summed E-state index contributed by atoms with van der Waals surface area (Å²) in [5.74, 6) is -0.868. The Hall–Kier alpha value is -2.77. The van der Waals surface area contributed by atoms with Crippen LogP contribution in [0.15, 0.2) is 24.3 Å². The van der Waals surface area contributed by atoms with Crippen LogP contribution in [0, 0.1) is 18.7 Å². The predicted octanol–water partition coefficient (Wildman–Crippen LogP) is 1.32. The molecule has 2 N–H and O–H groups in total. The molecule has 0 bridgehead atoms. The summed E-state index contributed by atoms with van der Waals surface area (Å²) in [7, 11) is 0. The number of fused-ring (bicyclic) bond motifs is 1. The number of benzene rings is 1. The summed E-state index contributed by atoms with van der Waals surface area (Å²) in [5.41, 5.74) is 0.0982. The van der Waals surface area contributed by atoms with Gasteiger partial charge in [0.15, 0.2) is 0 Å². The Bertz CT molecular complexity index is 743. The second-order valence-corrected chi connectivity index (χ2v) is 5.08. The number of para-hydroxylation sites is 1. The number of carbonyl (C=O) groups excluding carboxylic acids is 2. The van der Waals surface area contributed by atoms with Crippen molar-refractivity contribution in [2.75, 3.05) is 10.6 Å². The summed E-state index contributed by atoms with van der Waals surface area (Å²) in [6.07, 6.45) is -0.0570. The van der Waals surface area contributed by atoms with Crippen LogP contribution in [-0.4, -0.2) is 26.6 Å². The lowest BCUT2D eigenvalue weighted by Crippen LogP contribution is -2.36. The van der Waals surface area contributed by atoms with E-state index >= 15 is 0 Å². The first kappa shape index (κ1) is 14.2. The second kappa shape index (κ2) is 5.55. The third-order valence-electron chi connectivity index (χ3n) is 3.36. The van der Waals surface area contributed by atoms with Gasteiger partial charge in [-0.2, -0.15) is 10.1 Å². The lowest BCUT2D eigenvalue weighted by Gasteiger charge is -2.21. The number of halogens is 1. The van der Waals surface area contributed by atoms with Crippen LogP contribution in [0.3, 0.4) is 0 Å². The average Bonchev–Trinajstić information content (AvgIpc) is 2.81. The molecule has 1 aliphatic heterocycles. The van der Waals surface area contributed by atoms with E-state index in [2.05, 4.69) is 20.7 Å². The van der Waals surface area contributed by atoms with Gasteiger partial charge in [-0.25, -0.2) is 9.07 Å². The lowest BCUT2D eigenvalue weighted by atomic mass is 10.0. The van der Waals surface area contributed by atoms with Crippen molar-refractivity contribution >= 4 is 23.5 Å². The number of hydrogen-bond donors (Lipinski definition) is 2. The molecule has 2 heterocycles. The molecular formula is C14H14FN5O2. The van der Waals surface area contributed by atoms with E-state index in [1.54, 1.807) is 17.7 Å². The molecule has 0 spiro atoms. The minimum Gasteiger partial charge on any atom is -0.324 e. The highest BCUT2D eigenvalue weighted by Gasteiger charge is 2.30. The van der Waals surface area contributed by atoms with Crippen LogP contribution < -0.4 is 10.6 Å². The molecule has 1 aromatic heterocycles. The molecule has 114 valence electrons. The Morgan fingerprint density at radius 3 is 3.05 bits per heavy atom. The van der Waals surface area contributed by atoms with Gasteiger partial charge in [-0.15, -0.1) is 0 Å². The lowest BCUT2D eigenvalue weighted by molar-refractivity contribution is -0.126. The number of amides is 2. The number of nitrogens with zero attached hydrogens (tertiary/aromatic N) is 3. The second-order valence-electron chi connectivity index (χ2n) is 5.08. The standard InChI is InChI=1S/C14H14FN5O2/c1-8-16-14-18-13(22)9(7-20(14)19-8)6-12(21)17-11-5-3-2-4-10(11)15/h2-5,9H,6-7H2,1H3,(H,17,21)(H,16,18,19,22)/t9-/m1/s1. The molecule has 0 unspecified atom stereocenters. The molecule has 1 aromatic carbocycles. The summed E-state index contributed by atoms with van der Waals surface area (Å²) in [4.78, 5) is 28.0. The zero-order valence-corrected chi connectivity index (χ0v) is 11.8. The van der Waals surface area contributed by atoms with E-state index < -0.39 is 17.6 Å². The minimum atomic E-state index is -0.569. The number of rotatable bonds is 3. The van der Waals surface area contributed by atoms with Crippen molar-refractivity contribution in [2.45, 2.75) is 19.9 Å². The summed E-state index contributed by atoms with van der Waals surface area (Å²) in [6.45, 7) is 1.99. The van der Waals surface area contributed by atoms with Crippen LogP contribution >= 0.6 is 0 Å². The number of anilines is 2. The highest BCUT2D eigenvalue weighted by atomic mass is 19.1. The zero-order valence-electron chi connectivity index (χ0n) is 11.8. The van der Waals surface area contributed by atoms with Gasteiger partial charge in [0.05, 0.1) is 18.2 Å². The molecule has 2 aromatic rings. The van der Waals surface area contributed by atoms with Gasteiger partial charge in [0.2, 0.25) is 17.8 Å². The molecule has 1 atom stereocenters. The normalized spacial score (nSPS) is 16.8. The fourth-order valence-electron chi connectivity index (χ4n) is 2.32. The Kier molecular flexibility index (Phi) is 3.58. The number of aryl methyl sites for hydroxylation is 1. The van der Waals surface area contributed by atoms with Crippen molar-refractivity contribution in [1.82, 2.24) is 14.8 Å². The molecular weight excluding hydrogens is 289 g/mol. The van der Waals surface area contributed by atoms with Gasteiger partial charge in [0.1, 0.15) is 11.6 Å². The van der Waals surface area contributed by atoms with E-state index in [9.17, 15) is 14.0 Å². The van der Waals surface area contributed by atoms with Crippen LogP contribution in [0.1, 0.15) is 12.2 Å². The number of aromatic nitrogens is 3. The van der Waals surface area contributed by atoms with E-state index in [1.165, 1.54) is 18.2 Å². The molecule has 3 rings (SSSR count). The maximum atomic E-state index is 13.5. The molecule has 0 saturated carbocycles. The molecule has 22 heavy (non-hydrogen) atoms. The molecule has 0 aliphatic carbocycles. The van der Waals surface area contributed by atoms with Crippen LogP contribution in [-0.2, 0) is 16.1 Å². The number of nitrogens with one attached hydrogen (secondary N) is 2. The Morgan fingerprint density at radius 1 is 1.50 bits per heavy atom. The Morgan fingerprint density at radius 2 is 2.27 bits per heavy atom. The molecule has 1 aliphatic rings. The highest BCUT2D eigenvalue weighted by Crippen LogP contribution is 2.20. The summed E-state index contributed by atoms with van der Waals surface area (Å²) < 4.78 is 15.0. The first-order valence-electron chi connectivity index (χ1n) is 6.79. The van der Waals surface area contributed by atoms with Gasteiger partial charge >= 0.3 is 0 Å². The van der Waals surface area contributed by atoms with Crippen molar-refractivity contribution in [3.63, 3.8) is 0 Å².